The van der Waals surface area contributed by atoms with Crippen molar-refractivity contribution in [2.24, 2.45) is 0 Å². The van der Waals surface area contributed by atoms with E-state index < -0.39 is 23.3 Å². The zero-order valence-electron chi connectivity index (χ0n) is 9.88. The van der Waals surface area contributed by atoms with Gasteiger partial charge in [-0.05, 0) is 36.5 Å². The number of benzene rings is 2. The largest absolute Gasteiger partial charge is 0.332 e. The third-order valence-electron chi connectivity index (χ3n) is 2.30. The van der Waals surface area contributed by atoms with Crippen LogP contribution < -0.4 is 10.6 Å². The van der Waals surface area contributed by atoms with Gasteiger partial charge in [-0.15, -0.1) is 0 Å². The summed E-state index contributed by atoms with van der Waals surface area (Å²) in [5.74, 6) is -2.92. The quantitative estimate of drug-likeness (QED) is 0.646. The van der Waals surface area contributed by atoms with Crippen LogP contribution in [0.4, 0.5) is 28.9 Å². The van der Waals surface area contributed by atoms with Crippen LogP contribution in [0, 0.1) is 23.3 Å². The molecule has 2 rings (SSSR count). The second-order valence-corrected chi connectivity index (χ2v) is 4.27. The van der Waals surface area contributed by atoms with Gasteiger partial charge in [0.1, 0.15) is 23.3 Å². The van der Waals surface area contributed by atoms with E-state index >= 15 is 0 Å². The van der Waals surface area contributed by atoms with Gasteiger partial charge in [0.2, 0.25) is 0 Å². The molecule has 0 aromatic heterocycles. The number of hydrogen-bond acceptors (Lipinski definition) is 1. The molecule has 0 saturated heterocycles. The van der Waals surface area contributed by atoms with E-state index in [-0.39, 0.29) is 16.5 Å². The molecule has 2 nitrogen and oxygen atoms in total. The topological polar surface area (TPSA) is 24.1 Å². The van der Waals surface area contributed by atoms with Gasteiger partial charge in [-0.1, -0.05) is 0 Å². The van der Waals surface area contributed by atoms with Gasteiger partial charge in [-0.25, -0.2) is 17.6 Å². The van der Waals surface area contributed by atoms with E-state index in [1.807, 2.05) is 0 Å². The van der Waals surface area contributed by atoms with E-state index in [9.17, 15) is 17.6 Å². The number of thiocarbonyl (C=S) groups is 1. The Balaban J connectivity index is 2.11. The van der Waals surface area contributed by atoms with Crippen molar-refractivity contribution < 1.29 is 17.6 Å². The van der Waals surface area contributed by atoms with Gasteiger partial charge in [-0.3, -0.25) is 0 Å². The molecule has 2 N–H and O–H groups in total. The molecule has 2 aromatic carbocycles. The third kappa shape index (κ3) is 3.67. The molecule has 0 bridgehead atoms. The molecule has 0 unspecified atom stereocenters. The second kappa shape index (κ2) is 5.87. The average Bonchev–Trinajstić information content (AvgIpc) is 2.32. The lowest BCUT2D eigenvalue weighted by atomic mass is 10.3. The minimum atomic E-state index is -0.785. The number of anilines is 2. The molecular formula is C13H8F4N2S. The zero-order chi connectivity index (χ0) is 14.7. The molecule has 0 heterocycles. The lowest BCUT2D eigenvalue weighted by molar-refractivity contribution is 0.584. The maximum absolute atomic E-state index is 13.4. The Hall–Kier alpha value is -2.15. The van der Waals surface area contributed by atoms with Crippen LogP contribution in [-0.2, 0) is 0 Å². The Morgan fingerprint density at radius 1 is 0.800 bits per heavy atom. The lowest BCUT2D eigenvalue weighted by Gasteiger charge is -2.11. The predicted octanol–water partition coefficient (Wildman–Crippen LogP) is 4.05. The van der Waals surface area contributed by atoms with E-state index in [2.05, 4.69) is 10.6 Å². The van der Waals surface area contributed by atoms with Gasteiger partial charge in [0.15, 0.2) is 5.11 Å². The van der Waals surface area contributed by atoms with Gasteiger partial charge in [0.05, 0.1) is 5.69 Å². The first kappa shape index (κ1) is 14.3. The van der Waals surface area contributed by atoms with Crippen molar-refractivity contribution in [1.82, 2.24) is 0 Å². The molecule has 0 radical (unpaired) electrons. The Morgan fingerprint density at radius 2 is 1.45 bits per heavy atom. The van der Waals surface area contributed by atoms with Crippen LogP contribution in [-0.4, -0.2) is 5.11 Å². The smallest absolute Gasteiger partial charge is 0.175 e. The molecular weight excluding hydrogens is 292 g/mol. The Bertz CT molecular complexity index is 641. The van der Waals surface area contributed by atoms with Gasteiger partial charge < -0.3 is 10.6 Å². The first-order valence-corrected chi connectivity index (χ1v) is 5.84. The maximum atomic E-state index is 13.4. The molecule has 0 saturated carbocycles. The Morgan fingerprint density at radius 3 is 2.10 bits per heavy atom. The van der Waals surface area contributed by atoms with E-state index in [0.29, 0.717) is 6.07 Å². The standard InChI is InChI=1S/C13H8F4N2S/c14-7-1-2-11(17)12(6-7)19-13(20)18-10-4-8(15)3-9(16)5-10/h1-6H,(H2,18,19,20). The maximum Gasteiger partial charge on any atom is 0.175 e. The van der Waals surface area contributed by atoms with E-state index in [0.717, 1.165) is 30.3 Å². The normalized spacial score (nSPS) is 10.2. The first-order valence-electron chi connectivity index (χ1n) is 5.43. The van der Waals surface area contributed by atoms with Crippen molar-refractivity contribution in [3.63, 3.8) is 0 Å². The average molecular weight is 300 g/mol. The summed E-state index contributed by atoms with van der Waals surface area (Å²) in [5.41, 5.74) is -0.129. The highest BCUT2D eigenvalue weighted by molar-refractivity contribution is 7.80. The highest BCUT2D eigenvalue weighted by Gasteiger charge is 2.07. The van der Waals surface area contributed by atoms with Crippen molar-refractivity contribution in [3.05, 3.63) is 59.7 Å². The van der Waals surface area contributed by atoms with Crippen molar-refractivity contribution in [2.45, 2.75) is 0 Å². The molecule has 0 atom stereocenters. The highest BCUT2D eigenvalue weighted by Crippen LogP contribution is 2.17. The highest BCUT2D eigenvalue weighted by atomic mass is 32.1. The van der Waals surface area contributed by atoms with Crippen molar-refractivity contribution >= 4 is 28.7 Å². The summed E-state index contributed by atoms with van der Waals surface area (Å²) >= 11 is 4.85. The van der Waals surface area contributed by atoms with Gasteiger partial charge in [0, 0.05) is 17.8 Å². The SMILES string of the molecule is Fc1cc(F)cc(NC(=S)Nc2cc(F)ccc2F)c1. The molecule has 0 spiro atoms. The third-order valence-corrected chi connectivity index (χ3v) is 2.50. The van der Waals surface area contributed by atoms with Crippen LogP contribution in [0.2, 0.25) is 0 Å². The van der Waals surface area contributed by atoms with Crippen LogP contribution in [0.5, 0.6) is 0 Å². The summed E-state index contributed by atoms with van der Waals surface area (Å²) in [5, 5.41) is 4.74. The molecule has 0 aliphatic carbocycles. The summed E-state index contributed by atoms with van der Waals surface area (Å²) in [6.45, 7) is 0. The van der Waals surface area contributed by atoms with E-state index in [1.54, 1.807) is 0 Å². The van der Waals surface area contributed by atoms with E-state index in [1.165, 1.54) is 0 Å². The van der Waals surface area contributed by atoms with Gasteiger partial charge in [-0.2, -0.15) is 0 Å². The fraction of sp³-hybridized carbons (Fsp3) is 0. The summed E-state index contributed by atoms with van der Waals surface area (Å²) in [6.07, 6.45) is 0. The van der Waals surface area contributed by atoms with Crippen molar-refractivity contribution in [3.8, 4) is 0 Å². The summed E-state index contributed by atoms with van der Waals surface area (Å²) in [6, 6.07) is 5.53. The monoisotopic (exact) mass is 300 g/mol. The minimum Gasteiger partial charge on any atom is -0.332 e. The molecule has 104 valence electrons. The Kier molecular flexibility index (Phi) is 4.19. The molecule has 7 heteroatoms. The van der Waals surface area contributed by atoms with Crippen LogP contribution in [0.15, 0.2) is 36.4 Å². The Labute approximate surface area is 117 Å². The van der Waals surface area contributed by atoms with Crippen LogP contribution >= 0.6 is 12.2 Å². The molecule has 0 aliphatic heterocycles. The zero-order valence-corrected chi connectivity index (χ0v) is 10.7. The second-order valence-electron chi connectivity index (χ2n) is 3.86. The first-order chi connectivity index (χ1) is 9.44. The number of halogens is 4. The number of hydrogen-bond donors (Lipinski definition) is 2. The molecule has 2 aromatic rings. The molecule has 0 aliphatic rings. The van der Waals surface area contributed by atoms with Crippen LogP contribution in [0.25, 0.3) is 0 Å². The summed E-state index contributed by atoms with van der Waals surface area (Å²) < 4.78 is 52.3. The lowest BCUT2D eigenvalue weighted by Crippen LogP contribution is -2.20. The number of rotatable bonds is 2. The fourth-order valence-corrected chi connectivity index (χ4v) is 1.73. The predicted molar refractivity (Wildman–Crippen MR) is 72.6 cm³/mol. The van der Waals surface area contributed by atoms with Gasteiger partial charge in [0.25, 0.3) is 0 Å². The fourth-order valence-electron chi connectivity index (χ4n) is 1.50. The molecule has 0 fully saturated rings. The summed E-state index contributed by atoms with van der Waals surface area (Å²) in [4.78, 5) is 0. The van der Waals surface area contributed by atoms with E-state index in [4.69, 9.17) is 12.2 Å². The van der Waals surface area contributed by atoms with Crippen LogP contribution in [0.1, 0.15) is 0 Å². The number of nitrogens with one attached hydrogen (secondary N) is 2. The summed E-state index contributed by atoms with van der Waals surface area (Å²) in [7, 11) is 0. The van der Waals surface area contributed by atoms with Crippen molar-refractivity contribution in [2.75, 3.05) is 10.6 Å². The molecule has 20 heavy (non-hydrogen) atoms. The van der Waals surface area contributed by atoms with Crippen LogP contribution in [0.3, 0.4) is 0 Å². The van der Waals surface area contributed by atoms with Gasteiger partial charge >= 0.3 is 0 Å². The molecule has 0 amide bonds. The minimum absolute atomic E-state index is 0.0526. The van der Waals surface area contributed by atoms with Crippen molar-refractivity contribution in [1.29, 1.82) is 0 Å².